The highest BCUT2D eigenvalue weighted by Crippen LogP contribution is 2.25. The number of nitrogens with zero attached hydrogens (tertiary/aromatic N) is 2. The molecule has 0 spiro atoms. The number of benzene rings is 1. The normalized spacial score (nSPS) is 10.9. The molecule has 2 rings (SSSR count). The van der Waals surface area contributed by atoms with Gasteiger partial charge in [-0.05, 0) is 36.0 Å². The van der Waals surface area contributed by atoms with Crippen LogP contribution in [0.2, 0.25) is 5.02 Å². The fourth-order valence-electron chi connectivity index (χ4n) is 1.60. The molecule has 0 fully saturated rings. The Morgan fingerprint density at radius 2 is 2.11 bits per heavy atom. The average molecular weight is 281 g/mol. The van der Waals surface area contributed by atoms with Crippen molar-refractivity contribution in [1.82, 2.24) is 9.59 Å². The summed E-state index contributed by atoms with van der Waals surface area (Å²) < 4.78 is 3.87. The minimum absolute atomic E-state index is 0.0596. The van der Waals surface area contributed by atoms with E-state index >= 15 is 0 Å². The van der Waals surface area contributed by atoms with E-state index < -0.39 is 0 Å². The number of halogens is 1. The third-order valence-corrected chi connectivity index (χ3v) is 3.85. The smallest absolute Gasteiger partial charge is 0.206 e. The zero-order chi connectivity index (χ0) is 13.3. The average Bonchev–Trinajstić information content (AvgIpc) is 2.81. The summed E-state index contributed by atoms with van der Waals surface area (Å²) in [5, 5.41) is 4.62. The molecule has 0 N–H and O–H groups in total. The van der Waals surface area contributed by atoms with E-state index in [9.17, 15) is 4.79 Å². The van der Waals surface area contributed by atoms with Gasteiger partial charge in [-0.15, -0.1) is 5.10 Å². The highest BCUT2D eigenvalue weighted by Gasteiger charge is 2.20. The fourth-order valence-corrected chi connectivity index (χ4v) is 2.56. The molecule has 2 aromatic rings. The Kier molecular flexibility index (Phi) is 3.78. The van der Waals surface area contributed by atoms with Crippen molar-refractivity contribution in [3.05, 3.63) is 44.9 Å². The molecule has 1 aromatic carbocycles. The third kappa shape index (κ3) is 2.44. The summed E-state index contributed by atoms with van der Waals surface area (Å²) in [4.78, 5) is 13.0. The Balaban J connectivity index is 2.42. The molecule has 0 amide bonds. The van der Waals surface area contributed by atoms with E-state index in [-0.39, 0.29) is 11.7 Å². The largest absolute Gasteiger partial charge is 0.288 e. The van der Waals surface area contributed by atoms with E-state index in [4.69, 9.17) is 11.6 Å². The van der Waals surface area contributed by atoms with Gasteiger partial charge in [0.25, 0.3) is 0 Å². The van der Waals surface area contributed by atoms with Crippen LogP contribution in [-0.4, -0.2) is 15.4 Å². The van der Waals surface area contributed by atoms with Crippen molar-refractivity contribution in [2.45, 2.75) is 26.7 Å². The van der Waals surface area contributed by atoms with E-state index in [0.717, 1.165) is 22.8 Å². The second-order valence-electron chi connectivity index (χ2n) is 4.44. The molecule has 0 saturated heterocycles. The molecule has 0 bridgehead atoms. The summed E-state index contributed by atoms with van der Waals surface area (Å²) in [6.07, 6.45) is 0. The van der Waals surface area contributed by atoms with Gasteiger partial charge in [-0.1, -0.05) is 42.1 Å². The Bertz CT molecular complexity index is 592. The molecule has 0 radical (unpaired) electrons. The summed E-state index contributed by atoms with van der Waals surface area (Å²) in [5.41, 5.74) is 2.29. The van der Waals surface area contributed by atoms with Gasteiger partial charge in [-0.25, -0.2) is 0 Å². The van der Waals surface area contributed by atoms with E-state index in [0.29, 0.717) is 15.5 Å². The summed E-state index contributed by atoms with van der Waals surface area (Å²) in [6.45, 7) is 5.90. The molecule has 0 aliphatic carbocycles. The summed E-state index contributed by atoms with van der Waals surface area (Å²) >= 11 is 7.18. The number of hydrogen-bond donors (Lipinski definition) is 0. The number of carbonyl (C=O) groups excluding carboxylic acids is 1. The maximum Gasteiger partial charge on any atom is 0.206 e. The van der Waals surface area contributed by atoms with Gasteiger partial charge < -0.3 is 0 Å². The maximum absolute atomic E-state index is 12.4. The van der Waals surface area contributed by atoms with E-state index in [1.54, 1.807) is 12.1 Å². The van der Waals surface area contributed by atoms with Crippen LogP contribution in [0.4, 0.5) is 0 Å². The van der Waals surface area contributed by atoms with Crippen LogP contribution in [0, 0.1) is 6.92 Å². The van der Waals surface area contributed by atoms with Crippen molar-refractivity contribution in [3.8, 4) is 0 Å². The van der Waals surface area contributed by atoms with E-state index in [2.05, 4.69) is 9.59 Å². The monoisotopic (exact) mass is 280 g/mol. The van der Waals surface area contributed by atoms with Gasteiger partial charge in [0, 0.05) is 10.6 Å². The van der Waals surface area contributed by atoms with Crippen LogP contribution in [0.25, 0.3) is 0 Å². The van der Waals surface area contributed by atoms with Crippen LogP contribution < -0.4 is 0 Å². The molecule has 5 heteroatoms. The van der Waals surface area contributed by atoms with Gasteiger partial charge in [0.1, 0.15) is 4.88 Å². The topological polar surface area (TPSA) is 42.9 Å². The lowest BCUT2D eigenvalue weighted by atomic mass is 10.0. The second kappa shape index (κ2) is 5.16. The Hall–Kier alpha value is -1.26. The molecule has 1 aromatic heterocycles. The molecular weight excluding hydrogens is 268 g/mol. The lowest BCUT2D eigenvalue weighted by molar-refractivity contribution is 0.104. The quantitative estimate of drug-likeness (QED) is 0.802. The molecule has 18 heavy (non-hydrogen) atoms. The van der Waals surface area contributed by atoms with Crippen molar-refractivity contribution in [2.75, 3.05) is 0 Å². The standard InChI is InChI=1S/C13H13ClN2OS/c1-7(2)11-13(18-16-15-11)12(17)9-5-4-8(3)10(14)6-9/h4-7H,1-3H3. The zero-order valence-electron chi connectivity index (χ0n) is 10.4. The van der Waals surface area contributed by atoms with Gasteiger partial charge in [0.2, 0.25) is 5.78 Å². The van der Waals surface area contributed by atoms with Crippen molar-refractivity contribution < 1.29 is 4.79 Å². The molecule has 0 aliphatic heterocycles. The minimum atomic E-state index is -0.0596. The van der Waals surface area contributed by atoms with Gasteiger partial charge in [-0.3, -0.25) is 4.79 Å². The highest BCUT2D eigenvalue weighted by atomic mass is 35.5. The first-order valence-corrected chi connectivity index (χ1v) is 6.79. The predicted octanol–water partition coefficient (Wildman–Crippen LogP) is 3.85. The summed E-state index contributed by atoms with van der Waals surface area (Å²) in [5.74, 6) is 0.124. The lowest BCUT2D eigenvalue weighted by Gasteiger charge is -2.05. The molecule has 0 aliphatic rings. The second-order valence-corrected chi connectivity index (χ2v) is 5.60. The molecule has 1 heterocycles. The van der Waals surface area contributed by atoms with Gasteiger partial charge in [-0.2, -0.15) is 0 Å². The van der Waals surface area contributed by atoms with Crippen molar-refractivity contribution in [2.24, 2.45) is 0 Å². The Labute approximate surface area is 115 Å². The number of rotatable bonds is 3. The van der Waals surface area contributed by atoms with Crippen molar-refractivity contribution in [3.63, 3.8) is 0 Å². The van der Waals surface area contributed by atoms with Crippen LogP contribution in [0.1, 0.15) is 46.3 Å². The van der Waals surface area contributed by atoms with Gasteiger partial charge >= 0.3 is 0 Å². The zero-order valence-corrected chi connectivity index (χ0v) is 12.0. The first-order valence-electron chi connectivity index (χ1n) is 5.63. The van der Waals surface area contributed by atoms with Crippen molar-refractivity contribution in [1.29, 1.82) is 0 Å². The van der Waals surface area contributed by atoms with E-state index in [1.807, 2.05) is 26.8 Å². The Morgan fingerprint density at radius 3 is 2.72 bits per heavy atom. The van der Waals surface area contributed by atoms with Crippen LogP contribution >= 0.6 is 23.1 Å². The van der Waals surface area contributed by atoms with Crippen LogP contribution in [0.15, 0.2) is 18.2 Å². The first-order chi connectivity index (χ1) is 8.50. The number of carbonyl (C=O) groups is 1. The molecule has 3 nitrogen and oxygen atoms in total. The summed E-state index contributed by atoms with van der Waals surface area (Å²) in [7, 11) is 0. The van der Waals surface area contributed by atoms with Gasteiger partial charge in [0.15, 0.2) is 0 Å². The molecule has 0 unspecified atom stereocenters. The first kappa shape index (κ1) is 13.2. The third-order valence-electron chi connectivity index (χ3n) is 2.70. The number of ketones is 1. The summed E-state index contributed by atoms with van der Waals surface area (Å²) in [6, 6.07) is 5.33. The maximum atomic E-state index is 12.4. The van der Waals surface area contributed by atoms with E-state index in [1.165, 1.54) is 0 Å². The van der Waals surface area contributed by atoms with Crippen molar-refractivity contribution >= 4 is 28.9 Å². The van der Waals surface area contributed by atoms with Crippen LogP contribution in [-0.2, 0) is 0 Å². The SMILES string of the molecule is Cc1ccc(C(=O)c2snnc2C(C)C)cc1Cl. The predicted molar refractivity (Wildman–Crippen MR) is 73.6 cm³/mol. The lowest BCUT2D eigenvalue weighted by Crippen LogP contribution is -2.04. The molecule has 0 atom stereocenters. The number of hydrogen-bond acceptors (Lipinski definition) is 4. The Morgan fingerprint density at radius 1 is 1.39 bits per heavy atom. The minimum Gasteiger partial charge on any atom is -0.288 e. The number of aromatic nitrogens is 2. The highest BCUT2D eigenvalue weighted by molar-refractivity contribution is 7.08. The molecule has 94 valence electrons. The fraction of sp³-hybridized carbons (Fsp3) is 0.308. The number of aryl methyl sites for hydroxylation is 1. The van der Waals surface area contributed by atoms with Crippen LogP contribution in [0.5, 0.6) is 0 Å². The van der Waals surface area contributed by atoms with Crippen LogP contribution in [0.3, 0.4) is 0 Å². The molecule has 0 saturated carbocycles. The molecular formula is C13H13ClN2OS. The van der Waals surface area contributed by atoms with Gasteiger partial charge in [0.05, 0.1) is 5.69 Å².